The number of carbonyl (C=O) groups excluding carboxylic acids is 1. The topological polar surface area (TPSA) is 38.3 Å². The third-order valence-electron chi connectivity index (χ3n) is 1.00. The van der Waals surface area contributed by atoms with Gasteiger partial charge in [-0.3, -0.25) is 9.63 Å². The van der Waals surface area contributed by atoms with Gasteiger partial charge in [0.15, 0.2) is 0 Å². The maximum atomic E-state index is 11.0. The molecule has 0 spiro atoms. The minimum Gasteiger partial charge on any atom is -0.272 e. The predicted molar refractivity (Wildman–Crippen MR) is 42.4 cm³/mol. The molecule has 0 fully saturated rings. The molecule has 0 bridgehead atoms. The van der Waals surface area contributed by atoms with E-state index >= 15 is 0 Å². The molecule has 0 saturated heterocycles. The third-order valence-corrected chi connectivity index (χ3v) is 1.00. The van der Waals surface area contributed by atoms with Crippen LogP contribution in [0, 0.1) is 17.8 Å². The molecule has 3 nitrogen and oxygen atoms in total. The molecule has 0 aromatic heterocycles. The smallest absolute Gasteiger partial charge is 0.248 e. The summed E-state index contributed by atoms with van der Waals surface area (Å²) >= 11 is 0. The van der Waals surface area contributed by atoms with Crippen molar-refractivity contribution in [3.8, 4) is 12.3 Å². The number of rotatable bonds is 2. The van der Waals surface area contributed by atoms with Gasteiger partial charge in [-0.05, 0) is 0 Å². The molecule has 11 heavy (non-hydrogen) atoms. The second-order valence-corrected chi connectivity index (χ2v) is 3.17. The first-order valence-electron chi connectivity index (χ1n) is 3.34. The highest BCUT2D eigenvalue weighted by Gasteiger charge is 2.20. The van der Waals surface area contributed by atoms with E-state index in [1.54, 1.807) is 20.8 Å². The van der Waals surface area contributed by atoms with Crippen LogP contribution >= 0.6 is 0 Å². The molecule has 0 aliphatic rings. The number of carbonyl (C=O) groups is 1. The van der Waals surface area contributed by atoms with Gasteiger partial charge in [-0.2, -0.15) is 0 Å². The number of amides is 1. The largest absolute Gasteiger partial charge is 0.272 e. The molecule has 0 atom stereocenters. The highest BCUT2D eigenvalue weighted by Crippen LogP contribution is 2.11. The van der Waals surface area contributed by atoms with Gasteiger partial charge in [0.25, 0.3) is 0 Å². The van der Waals surface area contributed by atoms with Crippen LogP contribution in [0.15, 0.2) is 0 Å². The molecular weight excluding hydrogens is 142 g/mol. The van der Waals surface area contributed by atoms with Crippen LogP contribution in [0.1, 0.15) is 20.8 Å². The average molecular weight is 155 g/mol. The maximum absolute atomic E-state index is 11.0. The first-order chi connectivity index (χ1) is 4.98. The molecule has 62 valence electrons. The summed E-state index contributed by atoms with van der Waals surface area (Å²) in [6.45, 7) is 5.48. The van der Waals surface area contributed by atoms with Crippen molar-refractivity contribution in [1.82, 2.24) is 5.48 Å². The zero-order valence-corrected chi connectivity index (χ0v) is 7.10. The summed E-state index contributed by atoms with van der Waals surface area (Å²) in [5.74, 6) is 2.06. The van der Waals surface area contributed by atoms with Gasteiger partial charge in [0.2, 0.25) is 5.91 Å². The molecule has 0 aliphatic heterocycles. The van der Waals surface area contributed by atoms with Crippen molar-refractivity contribution in [1.29, 1.82) is 0 Å². The zero-order valence-electron chi connectivity index (χ0n) is 7.10. The van der Waals surface area contributed by atoms with Crippen LogP contribution in [-0.2, 0) is 9.63 Å². The van der Waals surface area contributed by atoms with Crippen molar-refractivity contribution >= 4 is 5.91 Å². The van der Waals surface area contributed by atoms with E-state index in [0.717, 1.165) is 0 Å². The van der Waals surface area contributed by atoms with Crippen molar-refractivity contribution in [2.24, 2.45) is 5.41 Å². The van der Waals surface area contributed by atoms with Gasteiger partial charge >= 0.3 is 0 Å². The Kier molecular flexibility index (Phi) is 3.63. The van der Waals surface area contributed by atoms with E-state index in [9.17, 15) is 4.79 Å². The molecule has 0 heterocycles. The van der Waals surface area contributed by atoms with Gasteiger partial charge in [0, 0.05) is 5.41 Å². The first-order valence-corrected chi connectivity index (χ1v) is 3.34. The van der Waals surface area contributed by atoms with Crippen molar-refractivity contribution in [2.45, 2.75) is 20.8 Å². The minimum absolute atomic E-state index is 0.0990. The molecule has 1 N–H and O–H groups in total. The van der Waals surface area contributed by atoms with Crippen LogP contribution in [0.25, 0.3) is 0 Å². The fourth-order valence-electron chi connectivity index (χ4n) is 0.296. The summed E-state index contributed by atoms with van der Waals surface area (Å²) in [6, 6.07) is 0. The van der Waals surface area contributed by atoms with Crippen LogP contribution in [0.3, 0.4) is 0 Å². The Bertz CT molecular complexity index is 174. The van der Waals surface area contributed by atoms with E-state index < -0.39 is 5.41 Å². The summed E-state index contributed by atoms with van der Waals surface area (Å²) in [4.78, 5) is 15.7. The Morgan fingerprint density at radius 1 is 1.64 bits per heavy atom. The molecule has 0 aromatic carbocycles. The molecule has 1 amide bonds. The lowest BCUT2D eigenvalue weighted by molar-refractivity contribution is -0.140. The Labute approximate surface area is 67.1 Å². The van der Waals surface area contributed by atoms with Crippen molar-refractivity contribution in [2.75, 3.05) is 6.61 Å². The summed E-state index contributed by atoms with van der Waals surface area (Å²) in [6.07, 6.45) is 4.90. The number of nitrogens with one attached hydrogen (secondary N) is 1. The van der Waals surface area contributed by atoms with E-state index in [1.807, 2.05) is 0 Å². The van der Waals surface area contributed by atoms with Crippen LogP contribution in [0.5, 0.6) is 0 Å². The minimum atomic E-state index is -0.436. The number of hydrogen-bond donors (Lipinski definition) is 1. The Morgan fingerprint density at radius 3 is 2.55 bits per heavy atom. The lowest BCUT2D eigenvalue weighted by Gasteiger charge is -2.16. The average Bonchev–Trinajstić information content (AvgIpc) is 1.86. The van der Waals surface area contributed by atoms with Gasteiger partial charge in [-0.15, -0.1) is 6.42 Å². The van der Waals surface area contributed by atoms with Crippen LogP contribution < -0.4 is 5.48 Å². The second kappa shape index (κ2) is 3.99. The molecule has 0 radical (unpaired) electrons. The third kappa shape index (κ3) is 4.40. The molecule has 3 heteroatoms. The standard InChI is InChI=1S/C8H13NO2/c1-5-6-11-9-7(10)8(2,3)4/h1H,6H2,2-4H3,(H,9,10). The Balaban J connectivity index is 3.64. The van der Waals surface area contributed by atoms with E-state index in [4.69, 9.17) is 6.42 Å². The fourth-order valence-corrected chi connectivity index (χ4v) is 0.296. The summed E-state index contributed by atoms with van der Waals surface area (Å²) < 4.78 is 0. The summed E-state index contributed by atoms with van der Waals surface area (Å²) in [5.41, 5.74) is 1.81. The van der Waals surface area contributed by atoms with Crippen molar-refractivity contribution in [3.05, 3.63) is 0 Å². The first kappa shape index (κ1) is 9.99. The molecule has 0 unspecified atom stereocenters. The van der Waals surface area contributed by atoms with E-state index in [2.05, 4.69) is 16.2 Å². The van der Waals surface area contributed by atoms with E-state index in [1.165, 1.54) is 0 Å². The normalized spacial score (nSPS) is 10.4. The van der Waals surface area contributed by atoms with E-state index in [0.29, 0.717) is 0 Å². The molecule has 0 aromatic rings. The molecule has 0 saturated carbocycles. The molecule has 0 aliphatic carbocycles. The van der Waals surface area contributed by atoms with Crippen LogP contribution in [0.2, 0.25) is 0 Å². The van der Waals surface area contributed by atoms with Gasteiger partial charge in [0.1, 0.15) is 6.61 Å². The van der Waals surface area contributed by atoms with Crippen LogP contribution in [-0.4, -0.2) is 12.5 Å². The molecular formula is C8H13NO2. The monoisotopic (exact) mass is 155 g/mol. The second-order valence-electron chi connectivity index (χ2n) is 3.17. The number of hydroxylamine groups is 1. The van der Waals surface area contributed by atoms with Crippen molar-refractivity contribution in [3.63, 3.8) is 0 Å². The van der Waals surface area contributed by atoms with Gasteiger partial charge < -0.3 is 0 Å². The SMILES string of the molecule is C#CCONC(=O)C(C)(C)C. The summed E-state index contributed by atoms with van der Waals surface area (Å²) in [7, 11) is 0. The van der Waals surface area contributed by atoms with Gasteiger partial charge in [-0.1, -0.05) is 26.7 Å². The maximum Gasteiger partial charge on any atom is 0.248 e. The van der Waals surface area contributed by atoms with Gasteiger partial charge in [-0.25, -0.2) is 5.48 Å². The van der Waals surface area contributed by atoms with Gasteiger partial charge in [0.05, 0.1) is 0 Å². The Morgan fingerprint density at radius 2 is 2.18 bits per heavy atom. The number of hydrogen-bond acceptors (Lipinski definition) is 2. The highest BCUT2D eigenvalue weighted by atomic mass is 16.6. The lowest BCUT2D eigenvalue weighted by Crippen LogP contribution is -2.34. The van der Waals surface area contributed by atoms with E-state index in [-0.39, 0.29) is 12.5 Å². The van der Waals surface area contributed by atoms with Crippen molar-refractivity contribution < 1.29 is 9.63 Å². The lowest BCUT2D eigenvalue weighted by atomic mass is 9.96. The quantitative estimate of drug-likeness (QED) is 0.362. The van der Waals surface area contributed by atoms with Crippen LogP contribution in [0.4, 0.5) is 0 Å². The summed E-state index contributed by atoms with van der Waals surface area (Å²) in [5, 5.41) is 0. The fraction of sp³-hybridized carbons (Fsp3) is 0.625. The highest BCUT2D eigenvalue weighted by molar-refractivity contribution is 5.80. The number of terminal acetylenes is 1. The zero-order chi connectivity index (χ0) is 8.91. The predicted octanol–water partition coefficient (Wildman–Crippen LogP) is 0.714. The molecule has 0 rings (SSSR count). The Hall–Kier alpha value is -1.01.